The van der Waals surface area contributed by atoms with Gasteiger partial charge >= 0.3 is 0 Å². The number of para-hydroxylation sites is 1. The molecule has 4 aromatic rings. The minimum Gasteiger partial charge on any atom is -0.467 e. The van der Waals surface area contributed by atoms with Gasteiger partial charge in [0.25, 0.3) is 5.91 Å². The van der Waals surface area contributed by atoms with Gasteiger partial charge in [0.15, 0.2) is 5.13 Å². The summed E-state index contributed by atoms with van der Waals surface area (Å²) in [6.45, 7) is 2.60. The number of hydrogen-bond donors (Lipinski definition) is 0. The van der Waals surface area contributed by atoms with Gasteiger partial charge in [-0.3, -0.25) is 9.69 Å². The highest BCUT2D eigenvalue weighted by atomic mass is 32.2. The monoisotopic (exact) mass is 527 g/mol. The van der Waals surface area contributed by atoms with E-state index in [4.69, 9.17) is 4.42 Å². The van der Waals surface area contributed by atoms with Crippen molar-refractivity contribution in [3.63, 3.8) is 0 Å². The molecular formula is C26H26FN3O4S2. The maximum atomic E-state index is 14.3. The Balaban J connectivity index is 1.46. The first-order valence-corrected chi connectivity index (χ1v) is 14.2. The number of nitrogens with zero attached hydrogens (tertiary/aromatic N) is 3. The molecule has 0 bridgehead atoms. The van der Waals surface area contributed by atoms with Gasteiger partial charge in [-0.15, -0.1) is 0 Å². The molecule has 1 aliphatic heterocycles. The zero-order chi connectivity index (χ0) is 25.3. The lowest BCUT2D eigenvalue weighted by Gasteiger charge is -2.34. The second-order valence-corrected chi connectivity index (χ2v) is 11.7. The normalized spacial score (nSPS) is 16.9. The molecule has 1 atom stereocenters. The number of carbonyl (C=O) groups excluding carboxylic acids is 1. The molecule has 7 nitrogen and oxygen atoms in total. The molecule has 1 fully saturated rings. The molecule has 0 saturated carbocycles. The van der Waals surface area contributed by atoms with Crippen molar-refractivity contribution < 1.29 is 22.0 Å². The van der Waals surface area contributed by atoms with Crippen LogP contribution in [0, 0.1) is 5.82 Å². The van der Waals surface area contributed by atoms with Gasteiger partial charge in [-0.1, -0.05) is 30.7 Å². The molecule has 1 unspecified atom stereocenters. The number of piperidine rings is 1. The number of furan rings is 1. The van der Waals surface area contributed by atoms with E-state index >= 15 is 0 Å². The second kappa shape index (κ2) is 10.1. The average Bonchev–Trinajstić information content (AvgIpc) is 3.57. The molecule has 10 heteroatoms. The molecule has 0 spiro atoms. The van der Waals surface area contributed by atoms with E-state index in [9.17, 15) is 17.6 Å². The third-order valence-corrected chi connectivity index (χ3v) is 9.49. The molecule has 5 rings (SSSR count). The average molecular weight is 528 g/mol. The summed E-state index contributed by atoms with van der Waals surface area (Å²) in [4.78, 5) is 19.6. The van der Waals surface area contributed by atoms with Crippen LogP contribution in [0.4, 0.5) is 9.52 Å². The summed E-state index contributed by atoms with van der Waals surface area (Å²) in [5, 5.41) is 0.326. The largest absolute Gasteiger partial charge is 0.467 e. The number of anilines is 1. The lowest BCUT2D eigenvalue weighted by Crippen LogP contribution is -2.43. The first kappa shape index (κ1) is 24.6. The van der Waals surface area contributed by atoms with Crippen LogP contribution in [0.1, 0.15) is 48.7 Å². The second-order valence-electron chi connectivity index (χ2n) is 8.75. The minimum absolute atomic E-state index is 0.00623. The summed E-state index contributed by atoms with van der Waals surface area (Å²) in [6.07, 6.45) is 5.01. The van der Waals surface area contributed by atoms with E-state index in [1.54, 1.807) is 28.6 Å². The molecule has 188 valence electrons. The SMILES string of the molecule is CCC1CCCCN1S(=O)(=O)c1ccc(C(=O)N(Cc2ccco2)c2nc3c(F)cccc3s2)cc1. The third-order valence-electron chi connectivity index (χ3n) is 6.48. The van der Waals surface area contributed by atoms with Gasteiger partial charge in [0.1, 0.15) is 17.1 Å². The number of thiazole rings is 1. The van der Waals surface area contributed by atoms with Crippen LogP contribution in [0.15, 0.2) is 70.2 Å². The highest BCUT2D eigenvalue weighted by Gasteiger charge is 2.33. The Morgan fingerprint density at radius 3 is 2.67 bits per heavy atom. The predicted molar refractivity (Wildman–Crippen MR) is 137 cm³/mol. The Kier molecular flexibility index (Phi) is 6.92. The van der Waals surface area contributed by atoms with Crippen molar-refractivity contribution in [2.45, 2.75) is 50.1 Å². The molecule has 2 aromatic heterocycles. The topological polar surface area (TPSA) is 83.7 Å². The highest BCUT2D eigenvalue weighted by Crippen LogP contribution is 2.33. The number of carbonyl (C=O) groups is 1. The zero-order valence-corrected chi connectivity index (χ0v) is 21.4. The molecule has 0 N–H and O–H groups in total. The fourth-order valence-corrected chi connectivity index (χ4v) is 7.31. The van der Waals surface area contributed by atoms with Crippen LogP contribution in [0.3, 0.4) is 0 Å². The molecule has 0 aliphatic carbocycles. The van der Waals surface area contributed by atoms with E-state index in [0.29, 0.717) is 27.7 Å². The Morgan fingerprint density at radius 2 is 1.97 bits per heavy atom. The number of aromatic nitrogens is 1. The maximum Gasteiger partial charge on any atom is 0.260 e. The summed E-state index contributed by atoms with van der Waals surface area (Å²) in [7, 11) is -3.66. The Bertz CT molecular complexity index is 1470. The van der Waals surface area contributed by atoms with Crippen molar-refractivity contribution in [2.24, 2.45) is 0 Å². The van der Waals surface area contributed by atoms with Gasteiger partial charge in [-0.25, -0.2) is 17.8 Å². The Labute approximate surface area is 213 Å². The summed E-state index contributed by atoms with van der Waals surface area (Å²) in [5.74, 6) is -0.310. The Morgan fingerprint density at radius 1 is 1.17 bits per heavy atom. The van der Waals surface area contributed by atoms with Crippen molar-refractivity contribution in [2.75, 3.05) is 11.4 Å². The first-order valence-electron chi connectivity index (χ1n) is 11.9. The van der Waals surface area contributed by atoms with E-state index in [-0.39, 0.29) is 28.9 Å². The fourth-order valence-electron chi connectivity index (χ4n) is 4.56. The summed E-state index contributed by atoms with van der Waals surface area (Å²) < 4.78 is 48.6. The van der Waals surface area contributed by atoms with Crippen LogP contribution in [0.25, 0.3) is 10.2 Å². The lowest BCUT2D eigenvalue weighted by atomic mass is 10.0. The molecule has 1 amide bonds. The number of halogens is 1. The summed E-state index contributed by atoms with van der Waals surface area (Å²) >= 11 is 1.20. The minimum atomic E-state index is -3.66. The van der Waals surface area contributed by atoms with Crippen molar-refractivity contribution in [3.8, 4) is 0 Å². The summed E-state index contributed by atoms with van der Waals surface area (Å²) in [6, 6.07) is 14.1. The fraction of sp³-hybridized carbons (Fsp3) is 0.308. The number of benzene rings is 2. The first-order chi connectivity index (χ1) is 17.4. The van der Waals surface area contributed by atoms with Crippen molar-refractivity contribution in [3.05, 3.63) is 78.0 Å². The van der Waals surface area contributed by atoms with Gasteiger partial charge in [0.05, 0.1) is 22.4 Å². The number of amides is 1. The lowest BCUT2D eigenvalue weighted by molar-refractivity contribution is 0.0983. The van der Waals surface area contributed by atoms with Gasteiger partial charge in [-0.05, 0) is 67.8 Å². The van der Waals surface area contributed by atoms with Crippen LogP contribution >= 0.6 is 11.3 Å². The van der Waals surface area contributed by atoms with Crippen LogP contribution in [-0.4, -0.2) is 36.2 Å². The van der Waals surface area contributed by atoms with Crippen LogP contribution in [0.2, 0.25) is 0 Å². The standard InChI is InChI=1S/C26H26FN3O4S2/c1-2-19-7-3-4-15-30(19)36(32,33)21-13-11-18(12-14-21)25(31)29(17-20-8-6-16-34-20)26-28-24-22(27)9-5-10-23(24)35-26/h5-6,8-14,16,19H,2-4,7,15,17H2,1H3. The number of sulfonamides is 1. The molecule has 1 saturated heterocycles. The molecular weight excluding hydrogens is 501 g/mol. The van der Waals surface area contributed by atoms with E-state index in [1.807, 2.05) is 6.92 Å². The highest BCUT2D eigenvalue weighted by molar-refractivity contribution is 7.89. The van der Waals surface area contributed by atoms with Gasteiger partial charge in [0.2, 0.25) is 10.0 Å². The number of hydrogen-bond acceptors (Lipinski definition) is 6. The molecule has 36 heavy (non-hydrogen) atoms. The van der Waals surface area contributed by atoms with E-state index in [0.717, 1.165) is 25.7 Å². The van der Waals surface area contributed by atoms with Crippen molar-refractivity contribution in [1.82, 2.24) is 9.29 Å². The van der Waals surface area contributed by atoms with E-state index in [1.165, 1.54) is 52.8 Å². The van der Waals surface area contributed by atoms with Crippen LogP contribution < -0.4 is 4.90 Å². The maximum absolute atomic E-state index is 14.3. The molecule has 2 aromatic carbocycles. The summed E-state index contributed by atoms with van der Waals surface area (Å²) in [5.41, 5.74) is 0.495. The number of fused-ring (bicyclic) bond motifs is 1. The van der Waals surface area contributed by atoms with E-state index in [2.05, 4.69) is 4.98 Å². The number of rotatable bonds is 7. The molecule has 0 radical (unpaired) electrons. The van der Waals surface area contributed by atoms with Crippen LogP contribution in [0.5, 0.6) is 0 Å². The van der Waals surface area contributed by atoms with Crippen molar-refractivity contribution in [1.29, 1.82) is 0 Å². The van der Waals surface area contributed by atoms with Crippen LogP contribution in [-0.2, 0) is 16.6 Å². The van der Waals surface area contributed by atoms with Crippen molar-refractivity contribution >= 4 is 42.6 Å². The molecule has 1 aliphatic rings. The van der Waals surface area contributed by atoms with Gasteiger partial charge in [0, 0.05) is 18.2 Å². The Hall–Kier alpha value is -3.08. The smallest absolute Gasteiger partial charge is 0.260 e. The third kappa shape index (κ3) is 4.68. The predicted octanol–water partition coefficient (Wildman–Crippen LogP) is 5.83. The van der Waals surface area contributed by atoms with Gasteiger partial charge < -0.3 is 4.42 Å². The quantitative estimate of drug-likeness (QED) is 0.302. The van der Waals surface area contributed by atoms with Gasteiger partial charge in [-0.2, -0.15) is 4.31 Å². The molecule has 3 heterocycles. The van der Waals surface area contributed by atoms with E-state index < -0.39 is 15.8 Å². The zero-order valence-electron chi connectivity index (χ0n) is 19.8.